The number of nitrogens with zero attached hydrogens (tertiary/aromatic N) is 1. The lowest BCUT2D eigenvalue weighted by atomic mass is 9.87. The number of hydrogen-bond donors (Lipinski definition) is 1. The summed E-state index contributed by atoms with van der Waals surface area (Å²) in [5, 5.41) is 2.93. The van der Waals surface area contributed by atoms with E-state index in [4.69, 9.17) is 4.74 Å². The Hall–Kier alpha value is -2.82. The van der Waals surface area contributed by atoms with Gasteiger partial charge in [0.05, 0.1) is 0 Å². The largest absolute Gasteiger partial charge is 0.484 e. The van der Waals surface area contributed by atoms with Crippen molar-refractivity contribution < 1.29 is 14.3 Å². The van der Waals surface area contributed by atoms with Crippen molar-refractivity contribution in [3.63, 3.8) is 0 Å². The number of rotatable bonds is 10. The van der Waals surface area contributed by atoms with E-state index >= 15 is 0 Å². The molecule has 0 aromatic heterocycles. The highest BCUT2D eigenvalue weighted by Gasteiger charge is 2.26. The molecule has 2 aromatic rings. The molecule has 0 saturated heterocycles. The molecule has 0 radical (unpaired) electrons. The van der Waals surface area contributed by atoms with Gasteiger partial charge in [0.25, 0.3) is 5.91 Å². The van der Waals surface area contributed by atoms with Crippen LogP contribution in [0.5, 0.6) is 5.75 Å². The first kappa shape index (κ1) is 25.4. The quantitative estimate of drug-likeness (QED) is 0.531. The Bertz CT molecular complexity index is 867. The van der Waals surface area contributed by atoms with Gasteiger partial charge in [-0.15, -0.1) is 0 Å². The molecule has 2 rings (SSSR count). The van der Waals surface area contributed by atoms with Gasteiger partial charge in [-0.25, -0.2) is 0 Å². The van der Waals surface area contributed by atoms with Crippen molar-refractivity contribution >= 4 is 11.8 Å². The van der Waals surface area contributed by atoms with E-state index in [0.29, 0.717) is 18.8 Å². The van der Waals surface area contributed by atoms with Crippen LogP contribution in [0.1, 0.15) is 64.2 Å². The molecule has 0 spiro atoms. The second-order valence-corrected chi connectivity index (χ2v) is 9.39. The summed E-state index contributed by atoms with van der Waals surface area (Å²) >= 11 is 0. The maximum atomic E-state index is 13.1. The van der Waals surface area contributed by atoms with Crippen LogP contribution in [0.2, 0.25) is 0 Å². The first-order valence-electron chi connectivity index (χ1n) is 11.5. The van der Waals surface area contributed by atoms with Gasteiger partial charge in [0.15, 0.2) is 6.61 Å². The standard InChI is InChI=1S/C27H38N2O3/c1-7-8-17-28-26(31)21(3)29(18-22-11-9-20(2)10-12-22)25(30)19-32-24-15-13-23(14-16-24)27(4,5)6/h9-16,21H,7-8,17-19H2,1-6H3,(H,28,31)/t21-/m0/s1. The van der Waals surface area contributed by atoms with Gasteiger partial charge < -0.3 is 15.0 Å². The van der Waals surface area contributed by atoms with Gasteiger partial charge in [0.2, 0.25) is 5.91 Å². The summed E-state index contributed by atoms with van der Waals surface area (Å²) in [5.74, 6) is 0.277. The second-order valence-electron chi connectivity index (χ2n) is 9.39. The molecule has 174 valence electrons. The molecule has 5 nitrogen and oxygen atoms in total. The lowest BCUT2D eigenvalue weighted by Gasteiger charge is -2.29. The molecule has 0 unspecified atom stereocenters. The molecule has 1 atom stereocenters. The van der Waals surface area contributed by atoms with E-state index in [1.54, 1.807) is 11.8 Å². The fourth-order valence-electron chi connectivity index (χ4n) is 3.29. The third kappa shape index (κ3) is 7.70. The topological polar surface area (TPSA) is 58.6 Å². The van der Waals surface area contributed by atoms with Crippen molar-refractivity contribution in [2.45, 2.75) is 72.4 Å². The van der Waals surface area contributed by atoms with Crippen LogP contribution in [-0.2, 0) is 21.5 Å². The number of unbranched alkanes of at least 4 members (excludes halogenated alkanes) is 1. The number of hydrogen-bond acceptors (Lipinski definition) is 3. The Kier molecular flexibility index (Phi) is 9.30. The van der Waals surface area contributed by atoms with E-state index < -0.39 is 6.04 Å². The first-order chi connectivity index (χ1) is 15.1. The number of benzene rings is 2. The zero-order valence-electron chi connectivity index (χ0n) is 20.4. The van der Waals surface area contributed by atoms with Crippen LogP contribution >= 0.6 is 0 Å². The van der Waals surface area contributed by atoms with E-state index in [1.165, 1.54) is 5.56 Å². The monoisotopic (exact) mass is 438 g/mol. The van der Waals surface area contributed by atoms with E-state index in [9.17, 15) is 9.59 Å². The Morgan fingerprint density at radius 2 is 1.66 bits per heavy atom. The molecule has 0 saturated carbocycles. The minimum Gasteiger partial charge on any atom is -0.484 e. The van der Waals surface area contributed by atoms with Gasteiger partial charge in [-0.1, -0.05) is 76.1 Å². The SMILES string of the molecule is CCCCNC(=O)[C@H](C)N(Cc1ccc(C)cc1)C(=O)COc1ccc(C(C)(C)C)cc1. The third-order valence-corrected chi connectivity index (χ3v) is 5.55. The number of carbonyl (C=O) groups is 2. The van der Waals surface area contributed by atoms with E-state index in [-0.39, 0.29) is 23.8 Å². The zero-order valence-corrected chi connectivity index (χ0v) is 20.4. The highest BCUT2D eigenvalue weighted by Crippen LogP contribution is 2.24. The van der Waals surface area contributed by atoms with E-state index in [1.807, 2.05) is 55.5 Å². The van der Waals surface area contributed by atoms with Gasteiger partial charge in [-0.05, 0) is 48.9 Å². The van der Waals surface area contributed by atoms with Crippen LogP contribution in [-0.4, -0.2) is 35.9 Å². The molecule has 1 N–H and O–H groups in total. The Morgan fingerprint density at radius 3 is 2.22 bits per heavy atom. The number of nitrogens with one attached hydrogen (secondary N) is 1. The second kappa shape index (κ2) is 11.7. The summed E-state index contributed by atoms with van der Waals surface area (Å²) in [6.07, 6.45) is 1.92. The third-order valence-electron chi connectivity index (χ3n) is 5.55. The summed E-state index contributed by atoms with van der Waals surface area (Å²) in [4.78, 5) is 27.4. The van der Waals surface area contributed by atoms with Crippen molar-refractivity contribution in [3.05, 3.63) is 65.2 Å². The molecule has 0 heterocycles. The van der Waals surface area contributed by atoms with Crippen molar-refractivity contribution in [2.75, 3.05) is 13.2 Å². The summed E-state index contributed by atoms with van der Waals surface area (Å²) < 4.78 is 5.78. The van der Waals surface area contributed by atoms with Gasteiger partial charge in [-0.3, -0.25) is 9.59 Å². The predicted molar refractivity (Wildman–Crippen MR) is 130 cm³/mol. The minimum atomic E-state index is -0.590. The van der Waals surface area contributed by atoms with Crippen LogP contribution in [0.4, 0.5) is 0 Å². The predicted octanol–water partition coefficient (Wildman–Crippen LogP) is 5.00. The van der Waals surface area contributed by atoms with Crippen molar-refractivity contribution in [3.8, 4) is 5.75 Å². The highest BCUT2D eigenvalue weighted by molar-refractivity contribution is 5.87. The Balaban J connectivity index is 2.09. The van der Waals surface area contributed by atoms with Gasteiger partial charge in [-0.2, -0.15) is 0 Å². The van der Waals surface area contributed by atoms with Crippen molar-refractivity contribution in [2.24, 2.45) is 0 Å². The maximum Gasteiger partial charge on any atom is 0.261 e. The molecule has 0 aliphatic heterocycles. The number of carbonyl (C=O) groups excluding carboxylic acids is 2. The van der Waals surface area contributed by atoms with Gasteiger partial charge in [0, 0.05) is 13.1 Å². The molecular weight excluding hydrogens is 400 g/mol. The van der Waals surface area contributed by atoms with E-state index in [0.717, 1.165) is 24.0 Å². The fourth-order valence-corrected chi connectivity index (χ4v) is 3.29. The molecule has 5 heteroatoms. The molecule has 0 aliphatic carbocycles. The molecule has 2 amide bonds. The lowest BCUT2D eigenvalue weighted by molar-refractivity contribution is -0.142. The number of aryl methyl sites for hydroxylation is 1. The zero-order chi connectivity index (χ0) is 23.7. The van der Waals surface area contributed by atoms with Crippen LogP contribution in [0.15, 0.2) is 48.5 Å². The van der Waals surface area contributed by atoms with Gasteiger partial charge in [0.1, 0.15) is 11.8 Å². The first-order valence-corrected chi connectivity index (χ1v) is 11.5. The molecule has 0 aliphatic rings. The van der Waals surface area contributed by atoms with Crippen LogP contribution < -0.4 is 10.1 Å². The summed E-state index contributed by atoms with van der Waals surface area (Å²) in [6.45, 7) is 13.2. The normalized spacial score (nSPS) is 12.2. The van der Waals surface area contributed by atoms with Gasteiger partial charge >= 0.3 is 0 Å². The fraction of sp³-hybridized carbons (Fsp3) is 0.481. The Labute approximate surface area is 193 Å². The van der Waals surface area contributed by atoms with E-state index in [2.05, 4.69) is 33.0 Å². The molecule has 32 heavy (non-hydrogen) atoms. The Morgan fingerprint density at radius 1 is 1.03 bits per heavy atom. The molecule has 0 fully saturated rings. The van der Waals surface area contributed by atoms with Crippen molar-refractivity contribution in [1.82, 2.24) is 10.2 Å². The molecule has 2 aromatic carbocycles. The highest BCUT2D eigenvalue weighted by atomic mass is 16.5. The maximum absolute atomic E-state index is 13.1. The minimum absolute atomic E-state index is 0.0553. The summed E-state index contributed by atoms with van der Waals surface area (Å²) in [6, 6.07) is 15.2. The smallest absolute Gasteiger partial charge is 0.261 e. The number of ether oxygens (including phenoxy) is 1. The molecular formula is C27H38N2O3. The lowest BCUT2D eigenvalue weighted by Crippen LogP contribution is -2.49. The molecule has 0 bridgehead atoms. The van der Waals surface area contributed by atoms with Crippen LogP contribution in [0, 0.1) is 6.92 Å². The summed E-state index contributed by atoms with van der Waals surface area (Å²) in [5.41, 5.74) is 3.39. The summed E-state index contributed by atoms with van der Waals surface area (Å²) in [7, 11) is 0. The average Bonchev–Trinajstić information content (AvgIpc) is 2.76. The average molecular weight is 439 g/mol. The van der Waals surface area contributed by atoms with Crippen LogP contribution in [0.25, 0.3) is 0 Å². The number of amides is 2. The van der Waals surface area contributed by atoms with Crippen LogP contribution in [0.3, 0.4) is 0 Å². The van der Waals surface area contributed by atoms with Crippen molar-refractivity contribution in [1.29, 1.82) is 0 Å².